The number of nitrogens with zero attached hydrogens (tertiary/aromatic N) is 3. The minimum absolute atomic E-state index is 0.0621. The number of nitrogens with two attached hydrogens (primary N) is 1. The first-order valence-electron chi connectivity index (χ1n) is 3.47. The molecule has 1 heterocycles. The van der Waals surface area contributed by atoms with Gasteiger partial charge in [-0.25, -0.2) is 9.97 Å². The van der Waals surface area contributed by atoms with Crippen LogP contribution in [0.5, 0.6) is 0 Å². The monoisotopic (exact) mass is 177 g/mol. The van der Waals surface area contributed by atoms with Crippen molar-refractivity contribution in [1.82, 2.24) is 9.97 Å². The topological polar surface area (TPSA) is 105 Å². The van der Waals surface area contributed by atoms with Crippen molar-refractivity contribution in [2.24, 2.45) is 5.73 Å². The number of carbonyl (C=O) groups excluding carboxylic acids is 1. The lowest BCUT2D eigenvalue weighted by Gasteiger charge is -2.02. The fraction of sp³-hybridized carbons (Fsp3) is 0.143. The summed E-state index contributed by atoms with van der Waals surface area (Å²) in [6, 6.07) is 1.83. The number of primary amides is 1. The van der Waals surface area contributed by atoms with E-state index in [-0.39, 0.29) is 18.1 Å². The van der Waals surface area contributed by atoms with Crippen LogP contribution in [-0.2, 0) is 4.79 Å². The van der Waals surface area contributed by atoms with Crippen LogP contribution in [0.3, 0.4) is 0 Å². The summed E-state index contributed by atoms with van der Waals surface area (Å²) in [5.74, 6) is -0.252. The van der Waals surface area contributed by atoms with E-state index in [0.717, 1.165) is 0 Å². The molecule has 0 unspecified atom stereocenters. The molecule has 1 aromatic heterocycles. The third-order valence-electron chi connectivity index (χ3n) is 1.23. The van der Waals surface area contributed by atoms with Crippen molar-refractivity contribution < 1.29 is 4.79 Å². The molecule has 0 aliphatic heterocycles. The zero-order chi connectivity index (χ0) is 9.68. The standard InChI is InChI=1S/C7H7N5O/c8-3-5-7(11-2-1-10-5)12-4-6(9)13/h1-2H,4H2,(H2,9,13)(H,11,12). The van der Waals surface area contributed by atoms with E-state index in [1.165, 1.54) is 12.4 Å². The molecule has 0 fully saturated rings. The molecule has 13 heavy (non-hydrogen) atoms. The van der Waals surface area contributed by atoms with Crippen LogP contribution in [-0.4, -0.2) is 22.4 Å². The number of carbonyl (C=O) groups is 1. The summed E-state index contributed by atoms with van der Waals surface area (Å²) >= 11 is 0. The second kappa shape index (κ2) is 4.01. The van der Waals surface area contributed by atoms with Gasteiger partial charge in [-0.05, 0) is 0 Å². The predicted octanol–water partition coefficient (Wildman–Crippen LogP) is -0.755. The summed E-state index contributed by atoms with van der Waals surface area (Å²) in [4.78, 5) is 18.0. The van der Waals surface area contributed by atoms with Crippen molar-refractivity contribution in [3.63, 3.8) is 0 Å². The van der Waals surface area contributed by atoms with E-state index in [1.807, 2.05) is 6.07 Å². The van der Waals surface area contributed by atoms with E-state index in [2.05, 4.69) is 15.3 Å². The van der Waals surface area contributed by atoms with Crippen LogP contribution in [0.4, 0.5) is 5.82 Å². The summed E-state index contributed by atoms with van der Waals surface area (Å²) in [6.45, 7) is -0.0621. The van der Waals surface area contributed by atoms with E-state index in [0.29, 0.717) is 0 Å². The van der Waals surface area contributed by atoms with Crippen LogP contribution in [0.1, 0.15) is 5.69 Å². The molecule has 0 aliphatic carbocycles. The van der Waals surface area contributed by atoms with Crippen molar-refractivity contribution in [2.45, 2.75) is 0 Å². The maximum atomic E-state index is 10.4. The van der Waals surface area contributed by atoms with Gasteiger partial charge < -0.3 is 11.1 Å². The number of hydrogen-bond acceptors (Lipinski definition) is 5. The Morgan fingerprint density at radius 1 is 1.62 bits per heavy atom. The molecule has 0 spiro atoms. The Bertz CT molecular complexity index is 356. The van der Waals surface area contributed by atoms with Gasteiger partial charge in [-0.3, -0.25) is 4.79 Å². The minimum Gasteiger partial charge on any atom is -0.368 e. The molecule has 0 bridgehead atoms. The quantitative estimate of drug-likeness (QED) is 0.631. The van der Waals surface area contributed by atoms with Gasteiger partial charge in [0.05, 0.1) is 6.54 Å². The summed E-state index contributed by atoms with van der Waals surface area (Å²) in [5, 5.41) is 11.2. The third-order valence-corrected chi connectivity index (χ3v) is 1.23. The fourth-order valence-electron chi connectivity index (χ4n) is 0.720. The SMILES string of the molecule is N#Cc1nccnc1NCC(N)=O. The van der Waals surface area contributed by atoms with Gasteiger partial charge in [0.25, 0.3) is 0 Å². The van der Waals surface area contributed by atoms with Crippen molar-refractivity contribution in [3.05, 3.63) is 18.1 Å². The van der Waals surface area contributed by atoms with Crippen molar-refractivity contribution in [2.75, 3.05) is 11.9 Å². The lowest BCUT2D eigenvalue weighted by atomic mass is 10.4. The van der Waals surface area contributed by atoms with Gasteiger partial charge in [-0.15, -0.1) is 0 Å². The second-order valence-corrected chi connectivity index (χ2v) is 2.19. The second-order valence-electron chi connectivity index (χ2n) is 2.19. The highest BCUT2D eigenvalue weighted by Gasteiger charge is 2.03. The molecule has 0 saturated carbocycles. The highest BCUT2D eigenvalue weighted by atomic mass is 16.1. The molecule has 6 nitrogen and oxygen atoms in total. The van der Waals surface area contributed by atoms with Crippen LogP contribution >= 0.6 is 0 Å². The molecule has 3 N–H and O–H groups in total. The van der Waals surface area contributed by atoms with Crippen molar-refractivity contribution in [1.29, 1.82) is 5.26 Å². The maximum Gasteiger partial charge on any atom is 0.236 e. The molecule has 0 aliphatic rings. The Morgan fingerprint density at radius 2 is 2.31 bits per heavy atom. The smallest absolute Gasteiger partial charge is 0.236 e. The molecule has 0 atom stereocenters. The Hall–Kier alpha value is -2.16. The van der Waals surface area contributed by atoms with E-state index in [4.69, 9.17) is 11.0 Å². The molecule has 0 aromatic carbocycles. The average Bonchev–Trinajstić information content (AvgIpc) is 2.15. The number of amides is 1. The number of aromatic nitrogens is 2. The van der Waals surface area contributed by atoms with Crippen molar-refractivity contribution >= 4 is 11.7 Å². The van der Waals surface area contributed by atoms with Crippen molar-refractivity contribution in [3.8, 4) is 6.07 Å². The lowest BCUT2D eigenvalue weighted by molar-refractivity contribution is -0.116. The first kappa shape index (κ1) is 8.93. The van der Waals surface area contributed by atoms with Crippen LogP contribution in [0, 0.1) is 11.3 Å². The Labute approximate surface area is 74.4 Å². The number of nitrogens with one attached hydrogen (secondary N) is 1. The molecule has 0 saturated heterocycles. The summed E-state index contributed by atoms with van der Waals surface area (Å²) in [7, 11) is 0. The Morgan fingerprint density at radius 3 is 2.92 bits per heavy atom. The summed E-state index contributed by atoms with van der Waals surface area (Å²) in [6.07, 6.45) is 2.82. The van der Waals surface area contributed by atoms with E-state index in [9.17, 15) is 4.79 Å². The first-order chi connectivity index (χ1) is 6.24. The summed E-state index contributed by atoms with van der Waals surface area (Å²) < 4.78 is 0. The number of anilines is 1. The molecule has 66 valence electrons. The number of nitriles is 1. The molecule has 1 amide bonds. The van der Waals surface area contributed by atoms with Crippen LogP contribution < -0.4 is 11.1 Å². The van der Waals surface area contributed by atoms with Gasteiger partial charge in [0.2, 0.25) is 5.91 Å². The van der Waals surface area contributed by atoms with Gasteiger partial charge in [0.15, 0.2) is 11.5 Å². The fourth-order valence-corrected chi connectivity index (χ4v) is 0.720. The molecular formula is C7H7N5O. The van der Waals surface area contributed by atoms with Gasteiger partial charge in [0.1, 0.15) is 6.07 Å². The highest BCUT2D eigenvalue weighted by Crippen LogP contribution is 2.04. The number of rotatable bonds is 3. The highest BCUT2D eigenvalue weighted by molar-refractivity contribution is 5.78. The summed E-state index contributed by atoms with van der Waals surface area (Å²) in [5.41, 5.74) is 5.04. The average molecular weight is 177 g/mol. The van der Waals surface area contributed by atoms with Crippen LogP contribution in [0.15, 0.2) is 12.4 Å². The largest absolute Gasteiger partial charge is 0.368 e. The number of hydrogen-bond donors (Lipinski definition) is 2. The van der Waals surface area contributed by atoms with Gasteiger partial charge in [-0.1, -0.05) is 0 Å². The van der Waals surface area contributed by atoms with Gasteiger partial charge in [-0.2, -0.15) is 5.26 Å². The van der Waals surface area contributed by atoms with Gasteiger partial charge >= 0.3 is 0 Å². The minimum atomic E-state index is -0.519. The van der Waals surface area contributed by atoms with Crippen LogP contribution in [0.25, 0.3) is 0 Å². The van der Waals surface area contributed by atoms with Gasteiger partial charge in [0, 0.05) is 12.4 Å². The Kier molecular flexibility index (Phi) is 2.76. The molecule has 1 rings (SSSR count). The lowest BCUT2D eigenvalue weighted by Crippen LogP contribution is -2.22. The molecular weight excluding hydrogens is 170 g/mol. The predicted molar refractivity (Wildman–Crippen MR) is 44.4 cm³/mol. The maximum absolute atomic E-state index is 10.4. The molecule has 0 radical (unpaired) electrons. The normalized spacial score (nSPS) is 8.85. The zero-order valence-electron chi connectivity index (χ0n) is 6.69. The van der Waals surface area contributed by atoms with E-state index in [1.54, 1.807) is 0 Å². The Balaban J connectivity index is 2.77. The zero-order valence-corrected chi connectivity index (χ0v) is 6.69. The molecule has 6 heteroatoms. The first-order valence-corrected chi connectivity index (χ1v) is 3.47. The van der Waals surface area contributed by atoms with Crippen LogP contribution in [0.2, 0.25) is 0 Å². The molecule has 1 aromatic rings. The van der Waals surface area contributed by atoms with E-state index >= 15 is 0 Å². The van der Waals surface area contributed by atoms with E-state index < -0.39 is 5.91 Å². The third kappa shape index (κ3) is 2.41.